The van der Waals surface area contributed by atoms with Crippen LogP contribution < -0.4 is 16.4 Å². The van der Waals surface area contributed by atoms with E-state index in [-0.39, 0.29) is 18.5 Å². The van der Waals surface area contributed by atoms with Crippen molar-refractivity contribution in [1.29, 1.82) is 0 Å². The number of nitrogens with zero attached hydrogens (tertiary/aromatic N) is 1. The van der Waals surface area contributed by atoms with E-state index in [1.807, 2.05) is 35.7 Å². The van der Waals surface area contributed by atoms with Gasteiger partial charge in [0.25, 0.3) is 0 Å². The predicted octanol–water partition coefficient (Wildman–Crippen LogP) is 2.49. The third-order valence-corrected chi connectivity index (χ3v) is 3.94. The second-order valence-electron chi connectivity index (χ2n) is 4.79. The van der Waals surface area contributed by atoms with Crippen molar-refractivity contribution in [2.24, 2.45) is 10.7 Å². The molecule has 0 saturated carbocycles. The number of nitrogens with one attached hydrogen (secondary N) is 2. The second kappa shape index (κ2) is 8.81. The van der Waals surface area contributed by atoms with E-state index >= 15 is 0 Å². The number of hydrogen-bond donors (Lipinski definition) is 3. The van der Waals surface area contributed by atoms with Crippen LogP contribution in [0.3, 0.4) is 0 Å². The lowest BCUT2D eigenvalue weighted by molar-refractivity contribution is -0.119. The van der Waals surface area contributed by atoms with E-state index in [2.05, 4.69) is 20.4 Å². The number of carbonyl (C=O) groups is 2. The number of amides is 2. The van der Waals surface area contributed by atoms with Crippen LogP contribution in [0.2, 0.25) is 0 Å². The van der Waals surface area contributed by atoms with Crippen molar-refractivity contribution in [1.82, 2.24) is 0 Å². The van der Waals surface area contributed by atoms with Crippen LogP contribution >= 0.6 is 11.3 Å². The van der Waals surface area contributed by atoms with Crippen molar-refractivity contribution in [3.05, 3.63) is 35.7 Å². The molecule has 9 heteroatoms. The molecule has 132 valence electrons. The molecule has 4 N–H and O–H groups in total. The van der Waals surface area contributed by atoms with Crippen molar-refractivity contribution >= 4 is 40.0 Å². The first-order chi connectivity index (χ1) is 12.0. The molecule has 0 aliphatic heterocycles. The average molecular weight is 362 g/mol. The normalized spacial score (nSPS) is 11.0. The molecular formula is C16H18N4O4S. The molecule has 8 nitrogen and oxygen atoms in total. The molecule has 0 atom stereocenters. The van der Waals surface area contributed by atoms with Gasteiger partial charge in [-0.2, -0.15) is 0 Å². The molecule has 1 heterocycles. The summed E-state index contributed by atoms with van der Waals surface area (Å²) in [5.74, 6) is -0.458. The molecule has 0 spiro atoms. The molecule has 1 aromatic heterocycles. The Morgan fingerprint density at radius 2 is 1.92 bits per heavy atom. The van der Waals surface area contributed by atoms with Crippen molar-refractivity contribution in [3.8, 4) is 11.1 Å². The van der Waals surface area contributed by atoms with Gasteiger partial charge in [-0.1, -0.05) is 30.3 Å². The summed E-state index contributed by atoms with van der Waals surface area (Å²) in [5.41, 5.74) is 7.95. The largest absolute Gasteiger partial charge is 0.451 e. The van der Waals surface area contributed by atoms with Crippen LogP contribution in [-0.2, 0) is 14.3 Å². The van der Waals surface area contributed by atoms with Crippen LogP contribution in [0.1, 0.15) is 0 Å². The minimum atomic E-state index is -0.824. The van der Waals surface area contributed by atoms with E-state index < -0.39 is 6.09 Å². The zero-order chi connectivity index (χ0) is 18.2. The fraction of sp³-hybridized carbons (Fsp3) is 0.188. The highest BCUT2D eigenvalue weighted by Gasteiger charge is 2.17. The van der Waals surface area contributed by atoms with Gasteiger partial charge in [0.15, 0.2) is 0 Å². The molecule has 0 aliphatic carbocycles. The lowest BCUT2D eigenvalue weighted by atomic mass is 10.1. The summed E-state index contributed by atoms with van der Waals surface area (Å²) in [4.78, 5) is 26.7. The highest BCUT2D eigenvalue weighted by atomic mass is 32.1. The molecule has 0 radical (unpaired) electrons. The number of thiophene rings is 1. The van der Waals surface area contributed by atoms with Crippen LogP contribution in [-0.4, -0.2) is 38.8 Å². The number of carbonyl (C=O) groups excluding carboxylic acids is 2. The van der Waals surface area contributed by atoms with Crippen LogP contribution in [0, 0.1) is 0 Å². The van der Waals surface area contributed by atoms with E-state index in [0.717, 1.165) is 11.1 Å². The number of methoxy groups -OCH3 is 2. The molecule has 2 rings (SSSR count). The maximum Gasteiger partial charge on any atom is 0.436 e. The molecular weight excluding hydrogens is 344 g/mol. The lowest BCUT2D eigenvalue weighted by Gasteiger charge is -2.11. The Labute approximate surface area is 148 Å². The first-order valence-electron chi connectivity index (χ1n) is 7.20. The first-order valence-corrected chi connectivity index (χ1v) is 8.08. The Kier molecular flexibility index (Phi) is 6.49. The average Bonchev–Trinajstić information content (AvgIpc) is 2.98. The number of aliphatic imine (C=N–C) groups is 1. The standard InChI is InChI=1S/C16H18N4O4S/c1-23-8-12(21)18-13-11(10-6-4-3-5-7-10)9-25-14(13)19-15(17)20-16(22)24-2/h3-7,9H,8H2,1-2H3,(H,18,21)(H3,17,19,20,22). The minimum absolute atomic E-state index is 0.0880. The highest BCUT2D eigenvalue weighted by Crippen LogP contribution is 2.40. The van der Waals surface area contributed by atoms with Crippen molar-refractivity contribution in [3.63, 3.8) is 0 Å². The predicted molar refractivity (Wildman–Crippen MR) is 97.9 cm³/mol. The van der Waals surface area contributed by atoms with Gasteiger partial charge in [-0.3, -0.25) is 4.79 Å². The van der Waals surface area contributed by atoms with Crippen molar-refractivity contribution in [2.75, 3.05) is 31.5 Å². The van der Waals surface area contributed by atoms with Gasteiger partial charge in [-0.25, -0.2) is 4.79 Å². The Morgan fingerprint density at radius 1 is 1.20 bits per heavy atom. The molecule has 0 fully saturated rings. The van der Waals surface area contributed by atoms with Crippen molar-refractivity contribution in [2.45, 2.75) is 0 Å². The number of ether oxygens (including phenoxy) is 2. The maximum absolute atomic E-state index is 12.0. The summed E-state index contributed by atoms with van der Waals surface area (Å²) in [6.07, 6.45) is -0.824. The summed E-state index contributed by atoms with van der Waals surface area (Å²) in [7, 11) is 2.64. The van der Waals surface area contributed by atoms with Gasteiger partial charge in [0, 0.05) is 18.1 Å². The van der Waals surface area contributed by atoms with E-state index in [1.165, 1.54) is 25.6 Å². The number of anilines is 2. The zero-order valence-electron chi connectivity index (χ0n) is 13.7. The van der Waals surface area contributed by atoms with E-state index in [1.54, 1.807) is 0 Å². The summed E-state index contributed by atoms with van der Waals surface area (Å²) >= 11 is 1.31. The molecule has 2 aromatic rings. The van der Waals surface area contributed by atoms with Crippen LogP contribution in [0.4, 0.5) is 15.5 Å². The maximum atomic E-state index is 12.0. The Bertz CT molecular complexity index is 774. The molecule has 0 unspecified atom stereocenters. The number of guanidine groups is 1. The molecule has 1 aromatic carbocycles. The summed E-state index contributed by atoms with van der Waals surface area (Å²) < 4.78 is 9.28. The molecule has 0 aliphatic rings. The molecule has 25 heavy (non-hydrogen) atoms. The van der Waals surface area contributed by atoms with Crippen LogP contribution in [0.5, 0.6) is 0 Å². The van der Waals surface area contributed by atoms with Gasteiger partial charge in [0.05, 0.1) is 12.8 Å². The van der Waals surface area contributed by atoms with Gasteiger partial charge in [0.2, 0.25) is 11.9 Å². The number of benzene rings is 1. The van der Waals surface area contributed by atoms with Gasteiger partial charge >= 0.3 is 6.09 Å². The third kappa shape index (κ3) is 5.03. The summed E-state index contributed by atoms with van der Waals surface area (Å²) in [5, 5.41) is 7.99. The van der Waals surface area contributed by atoms with Gasteiger partial charge in [-0.15, -0.1) is 16.3 Å². The van der Waals surface area contributed by atoms with Crippen LogP contribution in [0.25, 0.3) is 11.1 Å². The number of hydrogen-bond acceptors (Lipinski definition) is 5. The van der Waals surface area contributed by atoms with Crippen molar-refractivity contribution < 1.29 is 19.1 Å². The fourth-order valence-corrected chi connectivity index (χ4v) is 2.93. The summed E-state index contributed by atoms with van der Waals surface area (Å²) in [6, 6.07) is 9.54. The van der Waals surface area contributed by atoms with E-state index in [4.69, 9.17) is 10.5 Å². The topological polar surface area (TPSA) is 115 Å². The lowest BCUT2D eigenvalue weighted by Crippen LogP contribution is -2.25. The highest BCUT2D eigenvalue weighted by molar-refractivity contribution is 7.15. The van der Waals surface area contributed by atoms with Gasteiger partial charge in [-0.05, 0) is 5.56 Å². The van der Waals surface area contributed by atoms with Crippen LogP contribution in [0.15, 0.2) is 40.7 Å². The Morgan fingerprint density at radius 3 is 2.56 bits per heavy atom. The quantitative estimate of drug-likeness (QED) is 0.556. The fourth-order valence-electron chi connectivity index (χ4n) is 2.00. The first kappa shape index (κ1) is 18.4. The minimum Gasteiger partial charge on any atom is -0.451 e. The van der Waals surface area contributed by atoms with E-state index in [0.29, 0.717) is 10.7 Å². The smallest absolute Gasteiger partial charge is 0.436 e. The monoisotopic (exact) mass is 362 g/mol. The Balaban J connectivity index is 2.36. The van der Waals surface area contributed by atoms with Gasteiger partial charge < -0.3 is 25.8 Å². The molecule has 0 saturated heterocycles. The summed E-state index contributed by atoms with van der Waals surface area (Å²) in [6.45, 7) is -0.0880. The second-order valence-corrected chi connectivity index (χ2v) is 5.67. The molecule has 0 bridgehead atoms. The molecule has 2 amide bonds. The van der Waals surface area contributed by atoms with E-state index in [9.17, 15) is 9.59 Å². The number of nitrogens with two attached hydrogens (primary N) is 1. The number of rotatable bonds is 5. The zero-order valence-corrected chi connectivity index (χ0v) is 14.6. The third-order valence-electron chi connectivity index (χ3n) is 3.04. The SMILES string of the molecule is COCC(=O)Nc1c(-c2ccccc2)csc1NC(N)=NC(=O)OC. The Hall–Kier alpha value is -2.91. The van der Waals surface area contributed by atoms with Gasteiger partial charge in [0.1, 0.15) is 11.6 Å².